The predicted molar refractivity (Wildman–Crippen MR) is 69.5 cm³/mol. The smallest absolute Gasteiger partial charge is 0.232 e. The summed E-state index contributed by atoms with van der Waals surface area (Å²) in [6.07, 6.45) is 0. The van der Waals surface area contributed by atoms with Crippen LogP contribution >= 0.6 is 22.6 Å². The van der Waals surface area contributed by atoms with Crippen LogP contribution in [0.5, 0.6) is 5.75 Å². The average Bonchev–Trinajstić information content (AvgIpc) is 2.57. The lowest BCUT2D eigenvalue weighted by atomic mass is 10.3. The Morgan fingerprint density at radius 2 is 2.06 bits per heavy atom. The molecule has 0 atom stereocenters. The molecular formula is C12H12INO2. The highest BCUT2D eigenvalue weighted by molar-refractivity contribution is 14.1. The number of oxazole rings is 1. The number of nitrogens with zero attached hydrogens (tertiary/aromatic N) is 1. The van der Waals surface area contributed by atoms with Gasteiger partial charge in [0.25, 0.3) is 0 Å². The first-order valence-corrected chi connectivity index (χ1v) is 6.05. The van der Waals surface area contributed by atoms with Gasteiger partial charge in [-0.1, -0.05) is 12.1 Å². The molecule has 16 heavy (non-hydrogen) atoms. The van der Waals surface area contributed by atoms with Crippen molar-refractivity contribution in [2.45, 2.75) is 20.5 Å². The molecule has 3 nitrogen and oxygen atoms in total. The Morgan fingerprint density at radius 1 is 1.31 bits per heavy atom. The fourth-order valence-electron chi connectivity index (χ4n) is 1.30. The van der Waals surface area contributed by atoms with Crippen molar-refractivity contribution in [1.82, 2.24) is 4.98 Å². The van der Waals surface area contributed by atoms with Gasteiger partial charge in [0.15, 0.2) is 6.61 Å². The van der Waals surface area contributed by atoms with Gasteiger partial charge in [0, 0.05) is 0 Å². The molecule has 0 spiro atoms. The Kier molecular flexibility index (Phi) is 3.48. The molecule has 0 N–H and O–H groups in total. The lowest BCUT2D eigenvalue weighted by molar-refractivity contribution is 0.259. The van der Waals surface area contributed by atoms with Gasteiger partial charge in [-0.3, -0.25) is 0 Å². The molecule has 2 aromatic rings. The van der Waals surface area contributed by atoms with Gasteiger partial charge >= 0.3 is 0 Å². The van der Waals surface area contributed by atoms with Crippen LogP contribution in [-0.2, 0) is 6.61 Å². The minimum Gasteiger partial charge on any atom is -0.483 e. The largest absolute Gasteiger partial charge is 0.483 e. The van der Waals surface area contributed by atoms with E-state index in [-0.39, 0.29) is 0 Å². The first kappa shape index (κ1) is 11.4. The fourth-order valence-corrected chi connectivity index (χ4v) is 1.85. The molecule has 0 amide bonds. The highest BCUT2D eigenvalue weighted by atomic mass is 127. The second kappa shape index (κ2) is 4.86. The maximum absolute atomic E-state index is 5.63. The van der Waals surface area contributed by atoms with E-state index in [1.807, 2.05) is 38.1 Å². The molecule has 0 saturated carbocycles. The summed E-state index contributed by atoms with van der Waals surface area (Å²) < 4.78 is 12.1. The van der Waals surface area contributed by atoms with Crippen molar-refractivity contribution in [3.05, 3.63) is 45.2 Å². The fraction of sp³-hybridized carbons (Fsp3) is 0.250. The van der Waals surface area contributed by atoms with Gasteiger partial charge in [-0.05, 0) is 48.6 Å². The summed E-state index contributed by atoms with van der Waals surface area (Å²) >= 11 is 2.24. The van der Waals surface area contributed by atoms with Gasteiger partial charge in [-0.25, -0.2) is 4.98 Å². The first-order chi connectivity index (χ1) is 7.66. The van der Waals surface area contributed by atoms with Crippen LogP contribution in [0.4, 0.5) is 0 Å². The van der Waals surface area contributed by atoms with E-state index in [0.29, 0.717) is 12.5 Å². The molecule has 0 aliphatic rings. The van der Waals surface area contributed by atoms with Crippen molar-refractivity contribution in [2.75, 3.05) is 0 Å². The van der Waals surface area contributed by atoms with Crippen molar-refractivity contribution < 1.29 is 9.15 Å². The number of hydrogen-bond acceptors (Lipinski definition) is 3. The zero-order chi connectivity index (χ0) is 11.5. The van der Waals surface area contributed by atoms with E-state index >= 15 is 0 Å². The number of halogens is 1. The third-order valence-electron chi connectivity index (χ3n) is 2.26. The Bertz CT molecular complexity index is 474. The molecule has 0 aliphatic carbocycles. The topological polar surface area (TPSA) is 35.3 Å². The number of para-hydroxylation sites is 1. The molecule has 84 valence electrons. The summed E-state index contributed by atoms with van der Waals surface area (Å²) in [6, 6.07) is 7.87. The van der Waals surface area contributed by atoms with Crippen LogP contribution in [0.3, 0.4) is 0 Å². The van der Waals surface area contributed by atoms with Crippen LogP contribution < -0.4 is 4.74 Å². The van der Waals surface area contributed by atoms with Crippen LogP contribution in [0.25, 0.3) is 0 Å². The quantitative estimate of drug-likeness (QED) is 0.809. The molecule has 2 rings (SSSR count). The van der Waals surface area contributed by atoms with E-state index in [2.05, 4.69) is 27.6 Å². The normalized spacial score (nSPS) is 10.4. The summed E-state index contributed by atoms with van der Waals surface area (Å²) in [5.74, 6) is 2.33. The maximum Gasteiger partial charge on any atom is 0.232 e. The third-order valence-corrected chi connectivity index (χ3v) is 3.15. The molecule has 0 unspecified atom stereocenters. The summed E-state index contributed by atoms with van der Waals surface area (Å²) in [4.78, 5) is 4.26. The van der Waals surface area contributed by atoms with Gasteiger partial charge in [-0.15, -0.1) is 0 Å². The minimum absolute atomic E-state index is 0.370. The molecule has 0 bridgehead atoms. The molecule has 1 aromatic heterocycles. The van der Waals surface area contributed by atoms with Crippen LogP contribution in [0.1, 0.15) is 17.3 Å². The Hall–Kier alpha value is -1.04. The van der Waals surface area contributed by atoms with E-state index in [0.717, 1.165) is 20.8 Å². The number of benzene rings is 1. The van der Waals surface area contributed by atoms with Gasteiger partial charge in [0.2, 0.25) is 5.89 Å². The second-order valence-corrected chi connectivity index (χ2v) is 4.63. The lowest BCUT2D eigenvalue weighted by Gasteiger charge is -2.04. The SMILES string of the molecule is Cc1nc(COc2ccccc2I)oc1C. The number of aryl methyl sites for hydroxylation is 2. The molecule has 1 heterocycles. The van der Waals surface area contributed by atoms with E-state index in [1.165, 1.54) is 0 Å². The second-order valence-electron chi connectivity index (χ2n) is 3.47. The molecule has 0 fully saturated rings. The Morgan fingerprint density at radius 3 is 2.69 bits per heavy atom. The molecule has 0 saturated heterocycles. The van der Waals surface area contributed by atoms with Gasteiger partial charge < -0.3 is 9.15 Å². The standard InChI is InChI=1S/C12H12INO2/c1-8-9(2)16-12(14-8)7-15-11-6-4-3-5-10(11)13/h3-6H,7H2,1-2H3. The zero-order valence-electron chi connectivity index (χ0n) is 9.16. The molecule has 0 aliphatic heterocycles. The molecule has 1 aromatic carbocycles. The minimum atomic E-state index is 0.370. The maximum atomic E-state index is 5.63. The Balaban J connectivity index is 2.05. The third kappa shape index (κ3) is 2.55. The summed E-state index contributed by atoms with van der Waals surface area (Å²) in [7, 11) is 0. The number of aromatic nitrogens is 1. The number of ether oxygens (including phenoxy) is 1. The van der Waals surface area contributed by atoms with Gasteiger partial charge in [-0.2, -0.15) is 0 Å². The van der Waals surface area contributed by atoms with Crippen molar-refractivity contribution >= 4 is 22.6 Å². The first-order valence-electron chi connectivity index (χ1n) is 4.97. The highest BCUT2D eigenvalue weighted by Crippen LogP contribution is 2.21. The molecule has 4 heteroatoms. The molecule has 0 radical (unpaired) electrons. The van der Waals surface area contributed by atoms with Gasteiger partial charge in [0.1, 0.15) is 11.5 Å². The van der Waals surface area contributed by atoms with Crippen molar-refractivity contribution in [2.24, 2.45) is 0 Å². The average molecular weight is 329 g/mol. The highest BCUT2D eigenvalue weighted by Gasteiger charge is 2.07. The monoisotopic (exact) mass is 329 g/mol. The van der Waals surface area contributed by atoms with Crippen LogP contribution in [0, 0.1) is 17.4 Å². The summed E-state index contributed by atoms with van der Waals surface area (Å²) in [5, 5.41) is 0. The molecular weight excluding hydrogens is 317 g/mol. The number of hydrogen-bond donors (Lipinski definition) is 0. The van der Waals surface area contributed by atoms with E-state index in [9.17, 15) is 0 Å². The predicted octanol–water partition coefficient (Wildman–Crippen LogP) is 3.48. The van der Waals surface area contributed by atoms with Gasteiger partial charge in [0.05, 0.1) is 9.26 Å². The van der Waals surface area contributed by atoms with E-state index in [4.69, 9.17) is 9.15 Å². The van der Waals surface area contributed by atoms with Crippen LogP contribution in [0.15, 0.2) is 28.7 Å². The Labute approximate surface area is 108 Å². The van der Waals surface area contributed by atoms with Crippen molar-refractivity contribution in [1.29, 1.82) is 0 Å². The van der Waals surface area contributed by atoms with E-state index in [1.54, 1.807) is 0 Å². The van der Waals surface area contributed by atoms with E-state index < -0.39 is 0 Å². The van der Waals surface area contributed by atoms with Crippen LogP contribution in [0.2, 0.25) is 0 Å². The summed E-state index contributed by atoms with van der Waals surface area (Å²) in [6.45, 7) is 4.20. The van der Waals surface area contributed by atoms with Crippen LogP contribution in [-0.4, -0.2) is 4.98 Å². The lowest BCUT2D eigenvalue weighted by Crippen LogP contribution is -1.97. The number of rotatable bonds is 3. The van der Waals surface area contributed by atoms with Crippen molar-refractivity contribution in [3.8, 4) is 5.75 Å². The summed E-state index contributed by atoms with van der Waals surface area (Å²) in [5.41, 5.74) is 0.918. The zero-order valence-corrected chi connectivity index (χ0v) is 11.3. The van der Waals surface area contributed by atoms with Crippen molar-refractivity contribution in [3.63, 3.8) is 0 Å².